The predicted molar refractivity (Wildman–Crippen MR) is 83.7 cm³/mol. The maximum Gasteiger partial charge on any atom is 0.0958 e. The Kier molecular flexibility index (Phi) is 4.69. The first-order valence-electron chi connectivity index (χ1n) is 6.24. The van der Waals surface area contributed by atoms with Crippen LogP contribution in [0.1, 0.15) is 43.0 Å². The lowest BCUT2D eigenvalue weighted by Crippen LogP contribution is -2.16. The van der Waals surface area contributed by atoms with Crippen molar-refractivity contribution in [2.24, 2.45) is 0 Å². The van der Waals surface area contributed by atoms with Gasteiger partial charge >= 0.3 is 0 Å². The van der Waals surface area contributed by atoms with Gasteiger partial charge in [-0.25, -0.2) is 0 Å². The van der Waals surface area contributed by atoms with Crippen LogP contribution < -0.4 is 0 Å². The Balaban J connectivity index is 2.27. The van der Waals surface area contributed by atoms with Crippen LogP contribution in [-0.2, 0) is 11.8 Å². The molecular formula is C14H16Cl2N2OS. The summed E-state index contributed by atoms with van der Waals surface area (Å²) in [5.74, 6) is 0. The molecule has 1 heterocycles. The highest BCUT2D eigenvalue weighted by molar-refractivity contribution is 7.05. The van der Waals surface area contributed by atoms with E-state index in [0.717, 1.165) is 16.1 Å². The largest absolute Gasteiger partial charge is 0.387 e. The summed E-state index contributed by atoms with van der Waals surface area (Å²) in [6, 6.07) is 5.42. The second-order valence-corrected chi connectivity index (χ2v) is 7.24. The molecule has 6 heteroatoms. The van der Waals surface area contributed by atoms with Crippen LogP contribution in [0.15, 0.2) is 18.2 Å². The van der Waals surface area contributed by atoms with Gasteiger partial charge < -0.3 is 5.11 Å². The molecular weight excluding hydrogens is 315 g/mol. The lowest BCUT2D eigenvalue weighted by Gasteiger charge is -2.19. The summed E-state index contributed by atoms with van der Waals surface area (Å²) in [7, 11) is 0. The molecule has 0 radical (unpaired) electrons. The number of hydrogen-bond donors (Lipinski definition) is 1. The van der Waals surface area contributed by atoms with Gasteiger partial charge in [0.05, 0.1) is 26.7 Å². The Morgan fingerprint density at radius 2 is 2.00 bits per heavy atom. The first-order valence-corrected chi connectivity index (χ1v) is 7.77. The van der Waals surface area contributed by atoms with E-state index in [4.69, 9.17) is 23.2 Å². The van der Waals surface area contributed by atoms with Gasteiger partial charge in [-0.3, -0.25) is 0 Å². The van der Waals surface area contributed by atoms with Crippen molar-refractivity contribution in [3.8, 4) is 0 Å². The molecule has 0 aliphatic carbocycles. The number of halogens is 2. The minimum atomic E-state index is -0.680. The fourth-order valence-electron chi connectivity index (χ4n) is 1.94. The highest BCUT2D eigenvalue weighted by Gasteiger charge is 2.26. The summed E-state index contributed by atoms with van der Waals surface area (Å²) in [6.07, 6.45) is -0.285. The van der Waals surface area contributed by atoms with E-state index in [1.165, 1.54) is 11.5 Å². The third kappa shape index (κ3) is 3.31. The predicted octanol–water partition coefficient (Wildman–Crippen LogP) is 4.42. The number of rotatable bonds is 3. The Labute approximate surface area is 132 Å². The van der Waals surface area contributed by atoms with E-state index in [-0.39, 0.29) is 5.41 Å². The van der Waals surface area contributed by atoms with Crippen molar-refractivity contribution in [2.75, 3.05) is 0 Å². The molecule has 0 saturated carbocycles. The zero-order chi connectivity index (χ0) is 14.9. The highest BCUT2D eigenvalue weighted by Crippen LogP contribution is 2.34. The number of hydrogen-bond acceptors (Lipinski definition) is 4. The van der Waals surface area contributed by atoms with Crippen LogP contribution in [0.3, 0.4) is 0 Å². The highest BCUT2D eigenvalue weighted by atomic mass is 35.5. The van der Waals surface area contributed by atoms with Crippen LogP contribution in [0.25, 0.3) is 0 Å². The maximum atomic E-state index is 10.5. The van der Waals surface area contributed by atoms with Gasteiger partial charge in [0.2, 0.25) is 0 Å². The van der Waals surface area contributed by atoms with E-state index in [2.05, 4.69) is 9.59 Å². The summed E-state index contributed by atoms with van der Waals surface area (Å²) < 4.78 is 3.96. The van der Waals surface area contributed by atoms with Gasteiger partial charge in [0.15, 0.2) is 0 Å². The molecule has 0 fully saturated rings. The van der Waals surface area contributed by atoms with Gasteiger partial charge in [-0.15, -0.1) is 5.10 Å². The van der Waals surface area contributed by atoms with Crippen molar-refractivity contribution in [3.63, 3.8) is 0 Å². The Hall–Kier alpha value is -0.680. The molecule has 0 saturated heterocycles. The SMILES string of the molecule is CC(C)(C)c1nnsc1C(O)Cc1cccc(Cl)c1Cl. The molecule has 20 heavy (non-hydrogen) atoms. The molecule has 0 spiro atoms. The monoisotopic (exact) mass is 330 g/mol. The number of benzene rings is 1. The number of aromatic nitrogens is 2. The Bertz CT molecular complexity index is 607. The molecule has 1 atom stereocenters. The lowest BCUT2D eigenvalue weighted by molar-refractivity contribution is 0.179. The van der Waals surface area contributed by atoms with Gasteiger partial charge in [0, 0.05) is 11.8 Å². The second kappa shape index (κ2) is 5.98. The van der Waals surface area contributed by atoms with Crippen LogP contribution in [0.4, 0.5) is 0 Å². The van der Waals surface area contributed by atoms with Gasteiger partial charge in [0.1, 0.15) is 0 Å². The van der Waals surface area contributed by atoms with E-state index in [9.17, 15) is 5.11 Å². The van der Waals surface area contributed by atoms with Crippen LogP contribution in [0.2, 0.25) is 10.0 Å². The van der Waals surface area contributed by atoms with E-state index < -0.39 is 6.10 Å². The number of nitrogens with zero attached hydrogens (tertiary/aromatic N) is 2. The maximum absolute atomic E-state index is 10.5. The molecule has 1 aromatic carbocycles. The average molecular weight is 331 g/mol. The van der Waals surface area contributed by atoms with Crippen LogP contribution in [-0.4, -0.2) is 14.7 Å². The van der Waals surface area contributed by atoms with Crippen molar-refractivity contribution < 1.29 is 5.11 Å². The molecule has 2 aromatic rings. The smallest absolute Gasteiger partial charge is 0.0958 e. The van der Waals surface area contributed by atoms with Crippen LogP contribution in [0.5, 0.6) is 0 Å². The first kappa shape index (κ1) is 15.7. The van der Waals surface area contributed by atoms with E-state index in [0.29, 0.717) is 16.5 Å². The minimum absolute atomic E-state index is 0.151. The normalized spacial score (nSPS) is 13.5. The summed E-state index contributed by atoms with van der Waals surface area (Å²) in [6.45, 7) is 6.14. The average Bonchev–Trinajstić information content (AvgIpc) is 2.84. The molecule has 0 aliphatic rings. The van der Waals surface area contributed by atoms with Gasteiger partial charge in [-0.05, 0) is 23.2 Å². The van der Waals surface area contributed by atoms with Gasteiger partial charge in [-0.2, -0.15) is 0 Å². The Morgan fingerprint density at radius 1 is 1.30 bits per heavy atom. The van der Waals surface area contributed by atoms with Crippen molar-refractivity contribution in [3.05, 3.63) is 44.4 Å². The molecule has 108 valence electrons. The summed E-state index contributed by atoms with van der Waals surface area (Å²) >= 11 is 13.4. The van der Waals surface area contributed by atoms with E-state index in [1.807, 2.05) is 32.9 Å². The quantitative estimate of drug-likeness (QED) is 0.906. The van der Waals surface area contributed by atoms with Gasteiger partial charge in [0.25, 0.3) is 0 Å². The van der Waals surface area contributed by atoms with Crippen molar-refractivity contribution in [2.45, 2.75) is 38.7 Å². The van der Waals surface area contributed by atoms with Crippen LogP contribution in [0, 0.1) is 0 Å². The standard InChI is InChI=1S/C14H16Cl2N2OS/c1-14(2,3)13-12(20-18-17-13)10(19)7-8-5-4-6-9(15)11(8)16/h4-6,10,19H,7H2,1-3H3. The lowest BCUT2D eigenvalue weighted by atomic mass is 9.89. The Morgan fingerprint density at radius 3 is 2.65 bits per heavy atom. The number of aliphatic hydroxyl groups is 1. The summed E-state index contributed by atoms with van der Waals surface area (Å²) in [5.41, 5.74) is 1.50. The number of aliphatic hydroxyl groups excluding tert-OH is 1. The zero-order valence-corrected chi connectivity index (χ0v) is 13.9. The van der Waals surface area contributed by atoms with Crippen molar-refractivity contribution in [1.82, 2.24) is 9.59 Å². The molecule has 2 rings (SSSR count). The summed E-state index contributed by atoms with van der Waals surface area (Å²) in [4.78, 5) is 0.786. The van der Waals surface area contributed by atoms with Gasteiger partial charge in [-0.1, -0.05) is 60.6 Å². The van der Waals surface area contributed by atoms with E-state index >= 15 is 0 Å². The summed E-state index contributed by atoms with van der Waals surface area (Å²) in [5, 5.41) is 15.6. The fourth-order valence-corrected chi connectivity index (χ4v) is 3.19. The minimum Gasteiger partial charge on any atom is -0.387 e. The van der Waals surface area contributed by atoms with Crippen LogP contribution >= 0.6 is 34.7 Å². The molecule has 1 unspecified atom stereocenters. The molecule has 0 aliphatic heterocycles. The molecule has 0 amide bonds. The molecule has 1 N–H and O–H groups in total. The fraction of sp³-hybridized carbons (Fsp3) is 0.429. The topological polar surface area (TPSA) is 46.0 Å². The first-order chi connectivity index (χ1) is 9.30. The van der Waals surface area contributed by atoms with Crippen molar-refractivity contribution >= 4 is 34.7 Å². The van der Waals surface area contributed by atoms with E-state index in [1.54, 1.807) is 6.07 Å². The third-order valence-corrected chi connectivity index (χ3v) is 4.65. The van der Waals surface area contributed by atoms with Crippen molar-refractivity contribution in [1.29, 1.82) is 0 Å². The second-order valence-electron chi connectivity index (χ2n) is 5.67. The molecule has 1 aromatic heterocycles. The molecule has 3 nitrogen and oxygen atoms in total. The zero-order valence-electron chi connectivity index (χ0n) is 11.5. The third-order valence-electron chi connectivity index (χ3n) is 2.97. The molecule has 0 bridgehead atoms.